The van der Waals surface area contributed by atoms with Gasteiger partial charge in [0.15, 0.2) is 0 Å². The molecule has 1 atom stereocenters. The minimum absolute atomic E-state index is 0.0286. The maximum Gasteiger partial charge on any atom is 0.0713 e. The van der Waals surface area contributed by atoms with E-state index < -0.39 is 0 Å². The van der Waals surface area contributed by atoms with Crippen LogP contribution in [0.2, 0.25) is 5.02 Å². The first-order valence-electron chi connectivity index (χ1n) is 7.51. The number of nitrogens with one attached hydrogen (secondary N) is 1. The summed E-state index contributed by atoms with van der Waals surface area (Å²) >= 11 is 6.23. The molecule has 21 heavy (non-hydrogen) atoms. The number of hydrogen-bond acceptors (Lipinski definition) is 2. The molecule has 2 nitrogen and oxygen atoms in total. The molecule has 1 aliphatic rings. The van der Waals surface area contributed by atoms with Gasteiger partial charge in [0.25, 0.3) is 0 Å². The fourth-order valence-corrected chi connectivity index (χ4v) is 3.19. The van der Waals surface area contributed by atoms with Crippen molar-refractivity contribution in [3.63, 3.8) is 0 Å². The van der Waals surface area contributed by atoms with Crippen molar-refractivity contribution in [2.24, 2.45) is 5.84 Å². The molecule has 3 heteroatoms. The Morgan fingerprint density at radius 2 is 1.86 bits per heavy atom. The average molecular weight is 301 g/mol. The van der Waals surface area contributed by atoms with E-state index in [1.165, 1.54) is 30.4 Å². The van der Waals surface area contributed by atoms with Gasteiger partial charge in [-0.15, -0.1) is 0 Å². The number of benzene rings is 2. The van der Waals surface area contributed by atoms with Gasteiger partial charge in [-0.2, -0.15) is 0 Å². The van der Waals surface area contributed by atoms with Gasteiger partial charge < -0.3 is 0 Å². The molecule has 0 aromatic heterocycles. The predicted octanol–water partition coefficient (Wildman–Crippen LogP) is 4.47. The van der Waals surface area contributed by atoms with Crippen LogP contribution in [0.3, 0.4) is 0 Å². The van der Waals surface area contributed by atoms with Crippen LogP contribution in [0.4, 0.5) is 0 Å². The molecule has 1 unspecified atom stereocenters. The average Bonchev–Trinajstić information content (AvgIpc) is 2.44. The molecule has 1 aliphatic carbocycles. The molecular weight excluding hydrogens is 280 g/mol. The first-order chi connectivity index (χ1) is 10.2. The van der Waals surface area contributed by atoms with Gasteiger partial charge in [0, 0.05) is 5.02 Å². The van der Waals surface area contributed by atoms with Gasteiger partial charge in [-0.05, 0) is 54.0 Å². The van der Waals surface area contributed by atoms with E-state index in [1.54, 1.807) is 0 Å². The Bertz CT molecular complexity index is 618. The van der Waals surface area contributed by atoms with Gasteiger partial charge in [0.2, 0.25) is 0 Å². The van der Waals surface area contributed by atoms with Crippen LogP contribution in [0.1, 0.15) is 53.5 Å². The number of hydrazine groups is 1. The Balaban J connectivity index is 1.90. The van der Waals surface area contributed by atoms with Crippen LogP contribution in [0, 0.1) is 6.92 Å². The van der Waals surface area contributed by atoms with Gasteiger partial charge in [-0.3, -0.25) is 5.84 Å². The van der Waals surface area contributed by atoms with Crippen LogP contribution in [-0.4, -0.2) is 0 Å². The summed E-state index contributed by atoms with van der Waals surface area (Å²) in [5, 5.41) is 0.777. The second kappa shape index (κ2) is 6.18. The zero-order chi connectivity index (χ0) is 14.8. The Morgan fingerprint density at radius 1 is 1.14 bits per heavy atom. The molecule has 1 fully saturated rings. The van der Waals surface area contributed by atoms with Gasteiger partial charge in [-0.25, -0.2) is 5.43 Å². The SMILES string of the molecule is Cc1c(Cl)cccc1C(NN)c1ccc(C2CCC2)cc1. The zero-order valence-corrected chi connectivity index (χ0v) is 13.0. The largest absolute Gasteiger partial charge is 0.271 e. The van der Waals surface area contributed by atoms with Crippen molar-refractivity contribution in [2.75, 3.05) is 0 Å². The third-order valence-electron chi connectivity index (χ3n) is 4.63. The highest BCUT2D eigenvalue weighted by Crippen LogP contribution is 2.37. The lowest BCUT2D eigenvalue weighted by atomic mass is 9.79. The summed E-state index contributed by atoms with van der Waals surface area (Å²) in [7, 11) is 0. The van der Waals surface area contributed by atoms with E-state index in [1.807, 2.05) is 19.1 Å². The van der Waals surface area contributed by atoms with Crippen molar-refractivity contribution in [3.05, 3.63) is 69.7 Å². The van der Waals surface area contributed by atoms with E-state index in [0.29, 0.717) is 0 Å². The summed E-state index contributed by atoms with van der Waals surface area (Å²) in [4.78, 5) is 0. The lowest BCUT2D eigenvalue weighted by Gasteiger charge is -2.26. The van der Waals surface area contributed by atoms with Crippen LogP contribution in [0.15, 0.2) is 42.5 Å². The second-order valence-electron chi connectivity index (χ2n) is 5.85. The van der Waals surface area contributed by atoms with Gasteiger partial charge in [-0.1, -0.05) is 54.4 Å². The summed E-state index contributed by atoms with van der Waals surface area (Å²) in [6, 6.07) is 14.8. The van der Waals surface area contributed by atoms with Crippen LogP contribution >= 0.6 is 11.6 Å². The van der Waals surface area contributed by atoms with Crippen molar-refractivity contribution < 1.29 is 0 Å². The zero-order valence-electron chi connectivity index (χ0n) is 12.3. The maximum absolute atomic E-state index is 6.23. The monoisotopic (exact) mass is 300 g/mol. The summed E-state index contributed by atoms with van der Waals surface area (Å²) in [5.41, 5.74) is 7.74. The van der Waals surface area contributed by atoms with E-state index in [-0.39, 0.29) is 6.04 Å². The van der Waals surface area contributed by atoms with E-state index >= 15 is 0 Å². The van der Waals surface area contributed by atoms with Gasteiger partial charge >= 0.3 is 0 Å². The smallest absolute Gasteiger partial charge is 0.0713 e. The fourth-order valence-electron chi connectivity index (χ4n) is 3.00. The Hall–Kier alpha value is -1.35. The van der Waals surface area contributed by atoms with Crippen molar-refractivity contribution in [3.8, 4) is 0 Å². The highest BCUT2D eigenvalue weighted by molar-refractivity contribution is 6.31. The summed E-state index contributed by atoms with van der Waals surface area (Å²) < 4.78 is 0. The first kappa shape index (κ1) is 14.6. The number of nitrogens with two attached hydrogens (primary N) is 1. The Labute approximate surface area is 131 Å². The number of halogens is 1. The molecular formula is C18H21ClN2. The normalized spacial score (nSPS) is 16.5. The summed E-state index contributed by atoms with van der Waals surface area (Å²) in [6.07, 6.45) is 4.01. The second-order valence-corrected chi connectivity index (χ2v) is 6.26. The lowest BCUT2D eigenvalue weighted by molar-refractivity contribution is 0.419. The third kappa shape index (κ3) is 2.84. The standard InChI is InChI=1S/C18H21ClN2/c1-12-16(6-3-7-17(12)19)18(21-20)15-10-8-14(9-11-15)13-4-2-5-13/h3,6-11,13,18,21H,2,4-5,20H2,1H3. The molecule has 1 saturated carbocycles. The minimum atomic E-state index is -0.0286. The Kier molecular flexibility index (Phi) is 4.29. The first-order valence-corrected chi connectivity index (χ1v) is 7.89. The van der Waals surface area contributed by atoms with E-state index in [4.69, 9.17) is 17.4 Å². The van der Waals surface area contributed by atoms with Crippen molar-refractivity contribution in [2.45, 2.75) is 38.1 Å². The number of rotatable bonds is 4. The highest BCUT2D eigenvalue weighted by atomic mass is 35.5. The van der Waals surface area contributed by atoms with Crippen LogP contribution in [0.5, 0.6) is 0 Å². The number of hydrogen-bond donors (Lipinski definition) is 2. The molecule has 0 aliphatic heterocycles. The maximum atomic E-state index is 6.23. The van der Waals surface area contributed by atoms with E-state index in [9.17, 15) is 0 Å². The topological polar surface area (TPSA) is 38.0 Å². The molecule has 0 bridgehead atoms. The Morgan fingerprint density at radius 3 is 2.43 bits per heavy atom. The van der Waals surface area contributed by atoms with Crippen molar-refractivity contribution >= 4 is 11.6 Å². The van der Waals surface area contributed by atoms with Gasteiger partial charge in [0.05, 0.1) is 6.04 Å². The molecule has 3 N–H and O–H groups in total. The molecule has 0 heterocycles. The van der Waals surface area contributed by atoms with Crippen LogP contribution in [-0.2, 0) is 0 Å². The van der Waals surface area contributed by atoms with E-state index in [2.05, 4.69) is 35.8 Å². The molecule has 2 aromatic rings. The molecule has 0 radical (unpaired) electrons. The molecule has 0 spiro atoms. The molecule has 3 rings (SSSR count). The molecule has 110 valence electrons. The van der Waals surface area contributed by atoms with Crippen LogP contribution < -0.4 is 11.3 Å². The summed E-state index contributed by atoms with van der Waals surface area (Å²) in [5.74, 6) is 6.56. The van der Waals surface area contributed by atoms with Crippen molar-refractivity contribution in [1.82, 2.24) is 5.43 Å². The van der Waals surface area contributed by atoms with Crippen molar-refractivity contribution in [1.29, 1.82) is 0 Å². The molecule has 0 amide bonds. The minimum Gasteiger partial charge on any atom is -0.271 e. The van der Waals surface area contributed by atoms with Crippen LogP contribution in [0.25, 0.3) is 0 Å². The fraction of sp³-hybridized carbons (Fsp3) is 0.333. The molecule has 2 aromatic carbocycles. The highest BCUT2D eigenvalue weighted by Gasteiger charge is 2.20. The lowest BCUT2D eigenvalue weighted by Crippen LogP contribution is -2.29. The quantitative estimate of drug-likeness (QED) is 0.646. The predicted molar refractivity (Wildman–Crippen MR) is 88.4 cm³/mol. The van der Waals surface area contributed by atoms with E-state index in [0.717, 1.165) is 22.1 Å². The third-order valence-corrected chi connectivity index (χ3v) is 5.04. The molecule has 0 saturated heterocycles. The van der Waals surface area contributed by atoms with Gasteiger partial charge in [0.1, 0.15) is 0 Å². The summed E-state index contributed by atoms with van der Waals surface area (Å²) in [6.45, 7) is 2.03.